The van der Waals surface area contributed by atoms with Crippen LogP contribution >= 0.6 is 11.6 Å². The number of ketones is 1. The fraction of sp³-hybridized carbons (Fsp3) is 0.588. The summed E-state index contributed by atoms with van der Waals surface area (Å²) in [5, 5.41) is 0.516. The van der Waals surface area contributed by atoms with Gasteiger partial charge in [-0.05, 0) is 30.9 Å². The Labute approximate surface area is 131 Å². The zero-order valence-electron chi connectivity index (χ0n) is 12.7. The summed E-state index contributed by atoms with van der Waals surface area (Å²) in [6, 6.07) is 1.85. The van der Waals surface area contributed by atoms with Crippen LogP contribution in [0.4, 0.5) is 0 Å². The molecule has 0 unspecified atom stereocenters. The molecular weight excluding hydrogens is 284 g/mol. The van der Waals surface area contributed by atoms with Crippen LogP contribution in [0.3, 0.4) is 0 Å². The van der Waals surface area contributed by atoms with Gasteiger partial charge in [-0.2, -0.15) is 0 Å². The molecule has 4 heteroatoms. The molecule has 1 aliphatic carbocycles. The number of hydrogen-bond acceptors (Lipinski definition) is 2. The molecule has 0 radical (unpaired) electrons. The fourth-order valence-corrected chi connectivity index (χ4v) is 3.26. The minimum absolute atomic E-state index is 0.272. The van der Waals surface area contributed by atoms with Gasteiger partial charge in [-0.1, -0.05) is 24.4 Å². The number of halogens is 1. The molecule has 2 rings (SSSR count). The predicted octanol–water partition coefficient (Wildman–Crippen LogP) is 4.58. The van der Waals surface area contributed by atoms with Crippen LogP contribution in [0.5, 0.6) is 0 Å². The van der Waals surface area contributed by atoms with E-state index >= 15 is 0 Å². The van der Waals surface area contributed by atoms with Gasteiger partial charge in [-0.25, -0.2) is 6.57 Å². The van der Waals surface area contributed by atoms with Gasteiger partial charge in [0.15, 0.2) is 0 Å². The smallest absolute Gasteiger partial charge is 0.270 e. The van der Waals surface area contributed by atoms with Crippen molar-refractivity contribution in [1.82, 2.24) is 4.98 Å². The highest BCUT2D eigenvalue weighted by atomic mass is 35.5. The van der Waals surface area contributed by atoms with Crippen LogP contribution in [0.1, 0.15) is 57.2 Å². The van der Waals surface area contributed by atoms with E-state index in [9.17, 15) is 4.79 Å². The Morgan fingerprint density at radius 1 is 1.48 bits per heavy atom. The van der Waals surface area contributed by atoms with Crippen LogP contribution in [-0.2, 0) is 16.8 Å². The van der Waals surface area contributed by atoms with Crippen LogP contribution in [0, 0.1) is 12.5 Å². The highest BCUT2D eigenvalue weighted by Crippen LogP contribution is 2.30. The van der Waals surface area contributed by atoms with Crippen molar-refractivity contribution in [2.45, 2.75) is 57.9 Å². The first-order valence-electron chi connectivity index (χ1n) is 7.50. The third-order valence-corrected chi connectivity index (χ3v) is 4.52. The number of hydrogen-bond donors (Lipinski definition) is 0. The first-order valence-corrected chi connectivity index (χ1v) is 7.88. The number of carbonyl (C=O) groups excluding carboxylic acids is 1. The van der Waals surface area contributed by atoms with Gasteiger partial charge in [0.2, 0.25) is 0 Å². The Morgan fingerprint density at radius 2 is 2.14 bits per heavy atom. The summed E-state index contributed by atoms with van der Waals surface area (Å²) in [6.45, 7) is 10.8. The van der Waals surface area contributed by atoms with Gasteiger partial charge in [0, 0.05) is 32.4 Å². The van der Waals surface area contributed by atoms with E-state index in [1.807, 2.05) is 6.07 Å². The maximum Gasteiger partial charge on any atom is 0.270 e. The number of aromatic nitrogens is 1. The van der Waals surface area contributed by atoms with Gasteiger partial charge < -0.3 is 4.85 Å². The van der Waals surface area contributed by atoms with E-state index in [-0.39, 0.29) is 5.92 Å². The van der Waals surface area contributed by atoms with E-state index in [0.29, 0.717) is 29.3 Å². The topological polar surface area (TPSA) is 34.3 Å². The summed E-state index contributed by atoms with van der Waals surface area (Å²) in [7, 11) is 0. The summed E-state index contributed by atoms with van der Waals surface area (Å²) in [5.74, 6) is 0.642. The molecule has 1 aromatic rings. The molecule has 0 aromatic carbocycles. The molecule has 1 fully saturated rings. The van der Waals surface area contributed by atoms with E-state index < -0.39 is 5.54 Å². The Balaban J connectivity index is 2.01. The minimum Gasteiger partial charge on any atom is -0.304 e. The number of pyridine rings is 1. The van der Waals surface area contributed by atoms with Gasteiger partial charge in [-0.15, -0.1) is 0 Å². The Morgan fingerprint density at radius 3 is 2.71 bits per heavy atom. The normalized spacial score (nSPS) is 15.9. The van der Waals surface area contributed by atoms with Gasteiger partial charge >= 0.3 is 0 Å². The van der Waals surface area contributed by atoms with Gasteiger partial charge in [0.1, 0.15) is 11.5 Å². The van der Waals surface area contributed by atoms with Crippen molar-refractivity contribution in [1.29, 1.82) is 0 Å². The maximum absolute atomic E-state index is 12.1. The van der Waals surface area contributed by atoms with E-state index in [4.69, 9.17) is 18.2 Å². The van der Waals surface area contributed by atoms with Crippen LogP contribution < -0.4 is 0 Å². The maximum atomic E-state index is 12.1. The van der Waals surface area contributed by atoms with Crippen LogP contribution in [0.2, 0.25) is 5.02 Å². The molecule has 1 saturated carbocycles. The van der Waals surface area contributed by atoms with Crippen molar-refractivity contribution in [3.63, 3.8) is 0 Å². The van der Waals surface area contributed by atoms with Crippen molar-refractivity contribution in [3.05, 3.63) is 40.0 Å². The summed E-state index contributed by atoms with van der Waals surface area (Å²) in [6.07, 6.45) is 7.46. The van der Waals surface area contributed by atoms with Gasteiger partial charge in [0.05, 0.1) is 5.02 Å². The highest BCUT2D eigenvalue weighted by Gasteiger charge is 2.30. The standard InChI is InChI=1S/C17H21ClN2O/c1-17(2,19-3)16-14(18)10-12(11-20-16)8-9-15(21)13-6-4-5-7-13/h10-11,13H,4-9H2,1-2H3. The van der Waals surface area contributed by atoms with Gasteiger partial charge in [-0.3, -0.25) is 9.78 Å². The molecule has 21 heavy (non-hydrogen) atoms. The summed E-state index contributed by atoms with van der Waals surface area (Å²) in [4.78, 5) is 20.0. The quantitative estimate of drug-likeness (QED) is 0.746. The first kappa shape index (κ1) is 16.0. The molecule has 1 aliphatic rings. The highest BCUT2D eigenvalue weighted by molar-refractivity contribution is 6.31. The first-order chi connectivity index (χ1) is 9.94. The lowest BCUT2D eigenvalue weighted by atomic mass is 9.96. The summed E-state index contributed by atoms with van der Waals surface area (Å²) in [5.41, 5.74) is 0.857. The fourth-order valence-electron chi connectivity index (χ4n) is 2.84. The Bertz CT molecular complexity index is 569. The molecule has 3 nitrogen and oxygen atoms in total. The largest absolute Gasteiger partial charge is 0.304 e. The van der Waals surface area contributed by atoms with Gasteiger partial charge in [0.25, 0.3) is 5.54 Å². The molecule has 0 bridgehead atoms. The molecule has 0 spiro atoms. The molecule has 0 amide bonds. The van der Waals surface area contributed by atoms with E-state index in [1.165, 1.54) is 12.8 Å². The van der Waals surface area contributed by atoms with Crippen LogP contribution in [0.15, 0.2) is 12.3 Å². The zero-order valence-corrected chi connectivity index (χ0v) is 13.4. The van der Waals surface area contributed by atoms with Crippen molar-refractivity contribution in [2.24, 2.45) is 5.92 Å². The second kappa shape index (κ2) is 6.58. The number of Topliss-reactive ketones (excluding diaryl/α,β-unsaturated/α-hetero) is 1. The Hall–Kier alpha value is -1.40. The zero-order chi connectivity index (χ0) is 15.5. The number of carbonyl (C=O) groups is 1. The molecule has 0 atom stereocenters. The lowest BCUT2D eigenvalue weighted by molar-refractivity contribution is -0.122. The number of nitrogens with zero attached hydrogens (tertiary/aromatic N) is 2. The Kier molecular flexibility index (Phi) is 5.00. The lowest BCUT2D eigenvalue weighted by Gasteiger charge is -2.13. The number of rotatable bonds is 5. The third-order valence-electron chi connectivity index (χ3n) is 4.23. The minimum atomic E-state index is -0.713. The van der Waals surface area contributed by atoms with Crippen LogP contribution in [-0.4, -0.2) is 10.8 Å². The molecule has 1 aromatic heterocycles. The SMILES string of the molecule is [C-]#[N+]C(C)(C)c1ncc(CCC(=O)C2CCCC2)cc1Cl. The number of aryl methyl sites for hydroxylation is 1. The summed E-state index contributed by atoms with van der Waals surface area (Å²) >= 11 is 6.24. The molecule has 112 valence electrons. The van der Waals surface area contributed by atoms with Crippen molar-refractivity contribution >= 4 is 17.4 Å². The molecule has 0 saturated heterocycles. The second-order valence-electron chi connectivity index (χ2n) is 6.29. The molecule has 0 N–H and O–H groups in total. The third kappa shape index (κ3) is 3.83. The van der Waals surface area contributed by atoms with Crippen molar-refractivity contribution < 1.29 is 4.79 Å². The van der Waals surface area contributed by atoms with E-state index in [2.05, 4.69) is 9.83 Å². The molecular formula is C17H21ClN2O. The van der Waals surface area contributed by atoms with Crippen molar-refractivity contribution in [2.75, 3.05) is 0 Å². The average molecular weight is 305 g/mol. The second-order valence-corrected chi connectivity index (χ2v) is 6.70. The summed E-state index contributed by atoms with van der Waals surface area (Å²) < 4.78 is 0. The average Bonchev–Trinajstić information content (AvgIpc) is 2.98. The molecule has 1 heterocycles. The van der Waals surface area contributed by atoms with Crippen LogP contribution in [0.25, 0.3) is 4.85 Å². The monoisotopic (exact) mass is 304 g/mol. The van der Waals surface area contributed by atoms with E-state index in [0.717, 1.165) is 18.4 Å². The molecule has 0 aliphatic heterocycles. The predicted molar refractivity (Wildman–Crippen MR) is 84.2 cm³/mol. The van der Waals surface area contributed by atoms with Crippen molar-refractivity contribution in [3.8, 4) is 0 Å². The van der Waals surface area contributed by atoms with E-state index in [1.54, 1.807) is 20.0 Å². The lowest BCUT2D eigenvalue weighted by Crippen LogP contribution is -2.15.